The molecule has 0 aromatic heterocycles. The maximum Gasteiger partial charge on any atom is 0.250 e. The molecule has 1 aliphatic rings. The van der Waals surface area contributed by atoms with E-state index in [1.54, 1.807) is 13.1 Å². The summed E-state index contributed by atoms with van der Waals surface area (Å²) >= 11 is 3.35. The SMILES string of the molecule is CNC(=O)[C@H]1CN(c2ccc(Br)cc2C#N)CCO1. The van der Waals surface area contributed by atoms with Crippen LogP contribution in [0.4, 0.5) is 5.69 Å². The van der Waals surface area contributed by atoms with Crippen LogP contribution >= 0.6 is 15.9 Å². The van der Waals surface area contributed by atoms with Crippen molar-refractivity contribution in [2.24, 2.45) is 0 Å². The molecule has 1 atom stereocenters. The molecule has 1 heterocycles. The highest BCUT2D eigenvalue weighted by Gasteiger charge is 2.27. The van der Waals surface area contributed by atoms with Gasteiger partial charge < -0.3 is 15.0 Å². The molecule has 0 saturated carbocycles. The minimum Gasteiger partial charge on any atom is -0.365 e. The Morgan fingerprint density at radius 1 is 1.63 bits per heavy atom. The Bertz CT molecular complexity index is 527. The van der Waals surface area contributed by atoms with Crippen molar-refractivity contribution < 1.29 is 9.53 Å². The van der Waals surface area contributed by atoms with Gasteiger partial charge in [-0.05, 0) is 18.2 Å². The topological polar surface area (TPSA) is 65.4 Å². The molecule has 100 valence electrons. The van der Waals surface area contributed by atoms with Gasteiger partial charge >= 0.3 is 0 Å². The van der Waals surface area contributed by atoms with Crippen LogP contribution in [0.25, 0.3) is 0 Å². The van der Waals surface area contributed by atoms with Crippen LogP contribution in [0, 0.1) is 11.3 Å². The number of amides is 1. The molecule has 1 amide bonds. The number of benzene rings is 1. The highest BCUT2D eigenvalue weighted by Crippen LogP contribution is 2.25. The summed E-state index contributed by atoms with van der Waals surface area (Å²) in [5.41, 5.74) is 1.43. The number of carbonyl (C=O) groups is 1. The first-order valence-electron chi connectivity index (χ1n) is 5.93. The van der Waals surface area contributed by atoms with Crippen LogP contribution in [-0.2, 0) is 9.53 Å². The average Bonchev–Trinajstić information content (AvgIpc) is 2.46. The van der Waals surface area contributed by atoms with Gasteiger partial charge in [0.25, 0.3) is 5.91 Å². The van der Waals surface area contributed by atoms with Gasteiger partial charge in [-0.25, -0.2) is 0 Å². The zero-order valence-corrected chi connectivity index (χ0v) is 12.1. The second-order valence-electron chi connectivity index (χ2n) is 4.19. The number of nitriles is 1. The van der Waals surface area contributed by atoms with E-state index in [1.165, 1.54) is 0 Å². The highest BCUT2D eigenvalue weighted by atomic mass is 79.9. The number of morpholine rings is 1. The van der Waals surface area contributed by atoms with Crippen molar-refractivity contribution in [3.63, 3.8) is 0 Å². The first kappa shape index (κ1) is 13.8. The second-order valence-corrected chi connectivity index (χ2v) is 5.11. The van der Waals surface area contributed by atoms with Crippen LogP contribution < -0.4 is 10.2 Å². The first-order chi connectivity index (χ1) is 9.15. The Balaban J connectivity index is 2.22. The Morgan fingerprint density at radius 3 is 3.11 bits per heavy atom. The van der Waals surface area contributed by atoms with Crippen LogP contribution in [0.5, 0.6) is 0 Å². The molecule has 1 aromatic rings. The number of ether oxygens (including phenoxy) is 1. The number of anilines is 1. The number of rotatable bonds is 2. The summed E-state index contributed by atoms with van der Waals surface area (Å²) < 4.78 is 6.30. The lowest BCUT2D eigenvalue weighted by Crippen LogP contribution is -2.49. The molecule has 0 spiro atoms. The van der Waals surface area contributed by atoms with E-state index >= 15 is 0 Å². The molecular formula is C13H14BrN3O2. The Hall–Kier alpha value is -1.58. The fourth-order valence-electron chi connectivity index (χ4n) is 2.06. The van der Waals surface area contributed by atoms with Crippen molar-refractivity contribution in [1.82, 2.24) is 5.32 Å². The lowest BCUT2D eigenvalue weighted by molar-refractivity contribution is -0.132. The van der Waals surface area contributed by atoms with E-state index in [2.05, 4.69) is 27.3 Å². The second kappa shape index (κ2) is 6.04. The molecule has 2 rings (SSSR count). The van der Waals surface area contributed by atoms with Crippen molar-refractivity contribution in [3.8, 4) is 6.07 Å². The third-order valence-electron chi connectivity index (χ3n) is 3.03. The van der Waals surface area contributed by atoms with Crippen LogP contribution in [0.15, 0.2) is 22.7 Å². The zero-order valence-electron chi connectivity index (χ0n) is 10.5. The maximum atomic E-state index is 11.6. The first-order valence-corrected chi connectivity index (χ1v) is 6.73. The third kappa shape index (κ3) is 3.06. The van der Waals surface area contributed by atoms with E-state index in [-0.39, 0.29) is 5.91 Å². The lowest BCUT2D eigenvalue weighted by Gasteiger charge is -2.34. The smallest absolute Gasteiger partial charge is 0.250 e. The molecule has 1 N–H and O–H groups in total. The minimum absolute atomic E-state index is 0.139. The fourth-order valence-corrected chi connectivity index (χ4v) is 2.42. The van der Waals surface area contributed by atoms with E-state index in [4.69, 9.17) is 4.74 Å². The van der Waals surface area contributed by atoms with Gasteiger partial charge in [0.15, 0.2) is 6.10 Å². The maximum absolute atomic E-state index is 11.6. The van der Waals surface area contributed by atoms with Crippen LogP contribution in [0.2, 0.25) is 0 Å². The summed E-state index contributed by atoms with van der Waals surface area (Å²) in [6.07, 6.45) is -0.492. The number of nitrogens with one attached hydrogen (secondary N) is 1. The lowest BCUT2D eigenvalue weighted by atomic mass is 10.1. The van der Waals surface area contributed by atoms with Crippen molar-refractivity contribution in [2.75, 3.05) is 31.6 Å². The normalized spacial score (nSPS) is 18.8. The van der Waals surface area contributed by atoms with Gasteiger partial charge in [-0.2, -0.15) is 5.26 Å². The predicted octanol–water partition coefficient (Wildman–Crippen LogP) is 1.27. The monoisotopic (exact) mass is 323 g/mol. The quantitative estimate of drug-likeness (QED) is 0.890. The number of hydrogen-bond acceptors (Lipinski definition) is 4. The van der Waals surface area contributed by atoms with Crippen LogP contribution in [0.1, 0.15) is 5.56 Å². The number of carbonyl (C=O) groups excluding carboxylic acids is 1. The Labute approximate surface area is 120 Å². The number of nitrogens with zero attached hydrogens (tertiary/aromatic N) is 2. The molecule has 1 aromatic carbocycles. The number of halogens is 1. The van der Waals surface area contributed by atoms with Crippen LogP contribution in [-0.4, -0.2) is 38.8 Å². The van der Waals surface area contributed by atoms with Crippen molar-refractivity contribution in [3.05, 3.63) is 28.2 Å². The van der Waals surface area contributed by atoms with Gasteiger partial charge in [0, 0.05) is 18.1 Å². The van der Waals surface area contributed by atoms with Crippen molar-refractivity contribution in [1.29, 1.82) is 5.26 Å². The molecule has 1 aliphatic heterocycles. The molecule has 0 aliphatic carbocycles. The molecule has 19 heavy (non-hydrogen) atoms. The largest absolute Gasteiger partial charge is 0.365 e. The average molecular weight is 324 g/mol. The summed E-state index contributed by atoms with van der Waals surface area (Å²) in [5.74, 6) is -0.139. The number of likely N-dealkylation sites (N-methyl/N-ethyl adjacent to an activating group) is 1. The predicted molar refractivity (Wildman–Crippen MR) is 74.9 cm³/mol. The van der Waals surface area contributed by atoms with Gasteiger partial charge in [-0.1, -0.05) is 15.9 Å². The van der Waals surface area contributed by atoms with Gasteiger partial charge in [-0.15, -0.1) is 0 Å². The standard InChI is InChI=1S/C13H14BrN3O2/c1-16-13(18)12-8-17(4-5-19-12)11-3-2-10(14)6-9(11)7-15/h2-3,6,12H,4-5,8H2,1H3,(H,16,18)/t12-/m1/s1. The summed E-state index contributed by atoms with van der Waals surface area (Å²) in [6, 6.07) is 7.73. The summed E-state index contributed by atoms with van der Waals surface area (Å²) in [6.45, 7) is 1.60. The summed E-state index contributed by atoms with van der Waals surface area (Å²) in [7, 11) is 1.59. The van der Waals surface area contributed by atoms with Gasteiger partial charge in [0.2, 0.25) is 0 Å². The van der Waals surface area contributed by atoms with Crippen molar-refractivity contribution >= 4 is 27.5 Å². The molecule has 1 saturated heterocycles. The molecule has 5 nitrogen and oxygen atoms in total. The van der Waals surface area contributed by atoms with E-state index in [9.17, 15) is 10.1 Å². The van der Waals surface area contributed by atoms with Crippen LogP contribution in [0.3, 0.4) is 0 Å². The molecule has 0 bridgehead atoms. The highest BCUT2D eigenvalue weighted by molar-refractivity contribution is 9.10. The summed E-state index contributed by atoms with van der Waals surface area (Å²) in [4.78, 5) is 13.6. The van der Waals surface area contributed by atoms with Gasteiger partial charge in [-0.3, -0.25) is 4.79 Å². The van der Waals surface area contributed by atoms with Gasteiger partial charge in [0.1, 0.15) is 6.07 Å². The number of hydrogen-bond donors (Lipinski definition) is 1. The summed E-state index contributed by atoms with van der Waals surface area (Å²) in [5, 5.41) is 11.8. The molecule has 1 fully saturated rings. The molecular weight excluding hydrogens is 310 g/mol. The van der Waals surface area contributed by atoms with E-state index in [0.717, 1.165) is 10.2 Å². The van der Waals surface area contributed by atoms with Gasteiger partial charge in [0.05, 0.1) is 24.4 Å². The van der Waals surface area contributed by atoms with E-state index in [1.807, 2.05) is 17.0 Å². The minimum atomic E-state index is -0.492. The van der Waals surface area contributed by atoms with E-state index in [0.29, 0.717) is 25.3 Å². The molecule has 6 heteroatoms. The van der Waals surface area contributed by atoms with E-state index < -0.39 is 6.10 Å². The fraction of sp³-hybridized carbons (Fsp3) is 0.385. The third-order valence-corrected chi connectivity index (χ3v) is 3.52. The Kier molecular flexibility index (Phi) is 4.40. The molecule has 0 radical (unpaired) electrons. The molecule has 0 unspecified atom stereocenters. The zero-order chi connectivity index (χ0) is 13.8. The van der Waals surface area contributed by atoms with Crippen molar-refractivity contribution in [2.45, 2.75) is 6.10 Å². The Morgan fingerprint density at radius 2 is 2.42 bits per heavy atom.